The van der Waals surface area contributed by atoms with Crippen LogP contribution in [0.4, 0.5) is 10.6 Å². The van der Waals surface area contributed by atoms with E-state index in [4.69, 9.17) is 10.00 Å². The number of nitriles is 1. The normalized spacial score (nSPS) is 10.6. The minimum absolute atomic E-state index is 0.207. The molecule has 96 valence electrons. The molecule has 1 rings (SSSR count). The van der Waals surface area contributed by atoms with Crippen molar-refractivity contribution in [2.75, 3.05) is 11.4 Å². The fourth-order valence-corrected chi connectivity index (χ4v) is 1.22. The molecule has 6 heteroatoms. The van der Waals surface area contributed by atoms with Gasteiger partial charge >= 0.3 is 6.09 Å². The third kappa shape index (κ3) is 3.70. The van der Waals surface area contributed by atoms with Crippen molar-refractivity contribution in [3.63, 3.8) is 0 Å². The van der Waals surface area contributed by atoms with Crippen molar-refractivity contribution < 1.29 is 9.53 Å². The molecule has 1 aromatic heterocycles. The fourth-order valence-electron chi connectivity index (χ4n) is 1.22. The molecule has 0 aliphatic heterocycles. The number of amides is 1. The van der Waals surface area contributed by atoms with Crippen molar-refractivity contribution in [1.82, 2.24) is 9.97 Å². The van der Waals surface area contributed by atoms with Crippen molar-refractivity contribution in [2.24, 2.45) is 0 Å². The van der Waals surface area contributed by atoms with Crippen molar-refractivity contribution in [2.45, 2.75) is 33.3 Å². The molecule has 0 aromatic carbocycles. The summed E-state index contributed by atoms with van der Waals surface area (Å²) in [5.74, 6) is 0.366. The van der Waals surface area contributed by atoms with E-state index in [-0.39, 0.29) is 5.69 Å². The van der Waals surface area contributed by atoms with Crippen LogP contribution in [0.2, 0.25) is 0 Å². The van der Waals surface area contributed by atoms with Gasteiger partial charge in [-0.3, -0.25) is 4.90 Å². The first-order valence-electron chi connectivity index (χ1n) is 5.60. The molecule has 0 unspecified atom stereocenters. The predicted octanol–water partition coefficient (Wildman–Crippen LogP) is 2.11. The van der Waals surface area contributed by atoms with Crippen LogP contribution in [0.1, 0.15) is 33.4 Å². The van der Waals surface area contributed by atoms with Crippen LogP contribution in [0.5, 0.6) is 0 Å². The number of anilines is 1. The second kappa shape index (κ2) is 5.45. The molecule has 1 aromatic rings. The predicted molar refractivity (Wildman–Crippen MR) is 66.0 cm³/mol. The van der Waals surface area contributed by atoms with E-state index in [1.807, 2.05) is 13.0 Å². The third-order valence-corrected chi connectivity index (χ3v) is 1.96. The van der Waals surface area contributed by atoms with E-state index in [0.717, 1.165) is 0 Å². The number of hydrogen-bond acceptors (Lipinski definition) is 5. The Morgan fingerprint density at radius 2 is 2.11 bits per heavy atom. The molecule has 0 saturated carbocycles. The Bertz CT molecular complexity index is 456. The molecule has 0 radical (unpaired) electrons. The smallest absolute Gasteiger partial charge is 0.416 e. The van der Waals surface area contributed by atoms with Gasteiger partial charge in [0.2, 0.25) is 0 Å². The van der Waals surface area contributed by atoms with Gasteiger partial charge in [-0.1, -0.05) is 0 Å². The van der Waals surface area contributed by atoms with Gasteiger partial charge in [0, 0.05) is 6.54 Å². The first kappa shape index (κ1) is 13.9. The fraction of sp³-hybridized carbons (Fsp3) is 0.500. The summed E-state index contributed by atoms with van der Waals surface area (Å²) in [7, 11) is 0. The van der Waals surface area contributed by atoms with E-state index < -0.39 is 11.7 Å². The van der Waals surface area contributed by atoms with Crippen LogP contribution in [0.25, 0.3) is 0 Å². The maximum atomic E-state index is 11.9. The summed E-state index contributed by atoms with van der Waals surface area (Å²) in [4.78, 5) is 21.2. The highest BCUT2D eigenvalue weighted by Crippen LogP contribution is 2.15. The molecule has 0 saturated heterocycles. The lowest BCUT2D eigenvalue weighted by Gasteiger charge is -2.25. The Kier molecular flexibility index (Phi) is 4.21. The molecule has 1 amide bonds. The second-order valence-electron chi connectivity index (χ2n) is 4.60. The zero-order valence-electron chi connectivity index (χ0n) is 11.0. The second-order valence-corrected chi connectivity index (χ2v) is 4.60. The van der Waals surface area contributed by atoms with Crippen molar-refractivity contribution in [3.8, 4) is 6.07 Å². The minimum Gasteiger partial charge on any atom is -0.443 e. The molecule has 0 spiro atoms. The number of carbonyl (C=O) groups excluding carboxylic acids is 1. The summed E-state index contributed by atoms with van der Waals surface area (Å²) in [6.45, 7) is 7.61. The van der Waals surface area contributed by atoms with Gasteiger partial charge in [0.25, 0.3) is 0 Å². The molecule has 6 nitrogen and oxygen atoms in total. The number of rotatable bonds is 2. The average molecular weight is 248 g/mol. The Morgan fingerprint density at radius 3 is 2.50 bits per heavy atom. The molecule has 1 heterocycles. The number of aromatic nitrogens is 2. The molecule has 0 fully saturated rings. The first-order chi connectivity index (χ1) is 8.37. The molecule has 0 atom stereocenters. The monoisotopic (exact) mass is 248 g/mol. The Balaban J connectivity index is 2.89. The Labute approximate surface area is 106 Å². The summed E-state index contributed by atoms with van der Waals surface area (Å²) < 4.78 is 5.26. The van der Waals surface area contributed by atoms with Gasteiger partial charge in [0.1, 0.15) is 11.7 Å². The lowest BCUT2D eigenvalue weighted by molar-refractivity contribution is 0.0581. The summed E-state index contributed by atoms with van der Waals surface area (Å²) >= 11 is 0. The van der Waals surface area contributed by atoms with Gasteiger partial charge in [0.05, 0.1) is 12.4 Å². The van der Waals surface area contributed by atoms with Crippen LogP contribution < -0.4 is 4.90 Å². The van der Waals surface area contributed by atoms with Gasteiger partial charge < -0.3 is 4.74 Å². The minimum atomic E-state index is -0.565. The van der Waals surface area contributed by atoms with Crippen LogP contribution in [0.15, 0.2) is 12.4 Å². The SMILES string of the molecule is CCN(C(=O)OC(C)(C)C)c1cnc(C#N)cn1. The summed E-state index contributed by atoms with van der Waals surface area (Å²) in [5.41, 5.74) is -0.358. The highest BCUT2D eigenvalue weighted by atomic mass is 16.6. The van der Waals surface area contributed by atoms with Gasteiger partial charge in [0.15, 0.2) is 11.5 Å². The molecule has 0 aliphatic carbocycles. The number of carbonyl (C=O) groups is 1. The van der Waals surface area contributed by atoms with Crippen LogP contribution in [-0.4, -0.2) is 28.2 Å². The third-order valence-electron chi connectivity index (χ3n) is 1.96. The van der Waals surface area contributed by atoms with E-state index in [2.05, 4.69) is 9.97 Å². The van der Waals surface area contributed by atoms with E-state index in [9.17, 15) is 4.79 Å². The van der Waals surface area contributed by atoms with Crippen molar-refractivity contribution in [1.29, 1.82) is 5.26 Å². The van der Waals surface area contributed by atoms with Crippen molar-refractivity contribution in [3.05, 3.63) is 18.1 Å². The highest BCUT2D eigenvalue weighted by molar-refractivity contribution is 5.86. The van der Waals surface area contributed by atoms with E-state index >= 15 is 0 Å². The zero-order chi connectivity index (χ0) is 13.8. The topological polar surface area (TPSA) is 79.1 Å². The largest absolute Gasteiger partial charge is 0.443 e. The Morgan fingerprint density at radius 1 is 1.44 bits per heavy atom. The summed E-state index contributed by atoms with van der Waals surface area (Å²) in [6.07, 6.45) is 2.22. The lowest BCUT2D eigenvalue weighted by atomic mass is 10.2. The van der Waals surface area contributed by atoms with Crippen molar-refractivity contribution >= 4 is 11.9 Å². The summed E-state index contributed by atoms with van der Waals surface area (Å²) in [6, 6.07) is 1.87. The number of ether oxygens (including phenoxy) is 1. The van der Waals surface area contributed by atoms with Gasteiger partial charge in [-0.15, -0.1) is 0 Å². The van der Waals surface area contributed by atoms with E-state index in [1.165, 1.54) is 17.3 Å². The maximum absolute atomic E-state index is 11.9. The van der Waals surface area contributed by atoms with Gasteiger partial charge in [-0.25, -0.2) is 14.8 Å². The van der Waals surface area contributed by atoms with Crippen LogP contribution in [0, 0.1) is 11.3 Å². The molecule has 18 heavy (non-hydrogen) atoms. The molecule has 0 N–H and O–H groups in total. The molecular formula is C12H16N4O2. The molecular weight excluding hydrogens is 232 g/mol. The van der Waals surface area contributed by atoms with Crippen LogP contribution in [0.3, 0.4) is 0 Å². The van der Waals surface area contributed by atoms with Crippen LogP contribution >= 0.6 is 0 Å². The maximum Gasteiger partial charge on any atom is 0.416 e. The van der Waals surface area contributed by atoms with E-state index in [0.29, 0.717) is 12.4 Å². The quantitative estimate of drug-likeness (QED) is 0.800. The standard InChI is InChI=1S/C12H16N4O2/c1-5-16(11(17)18-12(2,3)4)10-8-14-9(6-13)7-15-10/h7-8H,5H2,1-4H3. The van der Waals surface area contributed by atoms with E-state index in [1.54, 1.807) is 20.8 Å². The first-order valence-corrected chi connectivity index (χ1v) is 5.60. The van der Waals surface area contributed by atoms with Crippen LogP contribution in [-0.2, 0) is 4.74 Å². The molecule has 0 aliphatic rings. The van der Waals surface area contributed by atoms with Gasteiger partial charge in [-0.05, 0) is 27.7 Å². The Hall–Kier alpha value is -2.16. The highest BCUT2D eigenvalue weighted by Gasteiger charge is 2.23. The number of nitrogens with zero attached hydrogens (tertiary/aromatic N) is 4. The number of hydrogen-bond donors (Lipinski definition) is 0. The average Bonchev–Trinajstić information content (AvgIpc) is 2.28. The molecule has 0 bridgehead atoms. The zero-order valence-corrected chi connectivity index (χ0v) is 11.0. The summed E-state index contributed by atoms with van der Waals surface area (Å²) in [5, 5.41) is 8.63. The van der Waals surface area contributed by atoms with Gasteiger partial charge in [-0.2, -0.15) is 5.26 Å². The lowest BCUT2D eigenvalue weighted by Crippen LogP contribution is -2.37.